The van der Waals surface area contributed by atoms with Crippen molar-refractivity contribution < 1.29 is 0 Å². The zero-order chi connectivity index (χ0) is 13.3. The summed E-state index contributed by atoms with van der Waals surface area (Å²) in [4.78, 5) is 0. The van der Waals surface area contributed by atoms with E-state index in [2.05, 4.69) is 43.4 Å². The summed E-state index contributed by atoms with van der Waals surface area (Å²) in [6.07, 6.45) is 7.13. The van der Waals surface area contributed by atoms with Gasteiger partial charge in [0.15, 0.2) is 0 Å². The molecule has 1 heterocycles. The highest BCUT2D eigenvalue weighted by molar-refractivity contribution is 5.28. The Hall–Kier alpha value is -0.820. The Kier molecular flexibility index (Phi) is 3.66. The molecule has 1 saturated heterocycles. The highest BCUT2D eigenvalue weighted by Crippen LogP contribution is 2.52. The van der Waals surface area contributed by atoms with Crippen molar-refractivity contribution in [3.8, 4) is 0 Å². The van der Waals surface area contributed by atoms with E-state index in [0.29, 0.717) is 5.41 Å². The van der Waals surface area contributed by atoms with Crippen LogP contribution in [0.5, 0.6) is 0 Å². The van der Waals surface area contributed by atoms with Crippen molar-refractivity contribution >= 4 is 0 Å². The monoisotopic (exact) mass is 257 g/mol. The summed E-state index contributed by atoms with van der Waals surface area (Å²) >= 11 is 0. The van der Waals surface area contributed by atoms with Crippen LogP contribution in [0, 0.1) is 18.3 Å². The largest absolute Gasteiger partial charge is 0.316 e. The van der Waals surface area contributed by atoms with E-state index < -0.39 is 0 Å². The van der Waals surface area contributed by atoms with E-state index in [-0.39, 0.29) is 0 Å². The smallest absolute Gasteiger partial charge is 0.00255 e. The molecule has 104 valence electrons. The Balaban J connectivity index is 1.92. The van der Waals surface area contributed by atoms with Crippen molar-refractivity contribution in [3.63, 3.8) is 0 Å². The summed E-state index contributed by atoms with van der Waals surface area (Å²) in [5, 5.41) is 3.64. The molecule has 1 nitrogen and oxygen atoms in total. The number of benzene rings is 1. The van der Waals surface area contributed by atoms with Crippen LogP contribution in [0.25, 0.3) is 0 Å². The zero-order valence-electron chi connectivity index (χ0n) is 12.4. The van der Waals surface area contributed by atoms with Crippen molar-refractivity contribution in [1.82, 2.24) is 5.32 Å². The number of hydrogen-bond acceptors (Lipinski definition) is 1. The van der Waals surface area contributed by atoms with Gasteiger partial charge in [-0.1, -0.05) is 49.6 Å². The normalized spacial score (nSPS) is 35.5. The van der Waals surface area contributed by atoms with Crippen LogP contribution in [0.4, 0.5) is 0 Å². The van der Waals surface area contributed by atoms with Crippen LogP contribution < -0.4 is 5.32 Å². The standard InChI is InChI=1S/C18H27N/c1-14-5-3-7-16(11-14)17-13-19-10-9-18(17)8-4-6-15(2)12-18/h3,5,7,11,15,17,19H,4,6,8-10,12-13H2,1-2H3. The van der Waals surface area contributed by atoms with Crippen LogP contribution in [0.3, 0.4) is 0 Å². The van der Waals surface area contributed by atoms with Gasteiger partial charge in [-0.25, -0.2) is 0 Å². The van der Waals surface area contributed by atoms with Gasteiger partial charge in [0, 0.05) is 12.5 Å². The van der Waals surface area contributed by atoms with E-state index in [4.69, 9.17) is 0 Å². The molecular weight excluding hydrogens is 230 g/mol. The fraction of sp³-hybridized carbons (Fsp3) is 0.667. The van der Waals surface area contributed by atoms with Gasteiger partial charge in [-0.3, -0.25) is 0 Å². The molecule has 0 amide bonds. The average Bonchev–Trinajstić information content (AvgIpc) is 2.39. The predicted molar refractivity (Wildman–Crippen MR) is 81.5 cm³/mol. The van der Waals surface area contributed by atoms with Crippen molar-refractivity contribution in [2.45, 2.75) is 51.9 Å². The third-order valence-corrected chi connectivity index (χ3v) is 5.46. The molecule has 2 aliphatic rings. The Bertz CT molecular complexity index is 435. The second-order valence-corrected chi connectivity index (χ2v) is 6.98. The molecule has 1 spiro atoms. The van der Waals surface area contributed by atoms with Gasteiger partial charge in [0.05, 0.1) is 0 Å². The van der Waals surface area contributed by atoms with Crippen LogP contribution >= 0.6 is 0 Å². The lowest BCUT2D eigenvalue weighted by atomic mass is 9.58. The lowest BCUT2D eigenvalue weighted by molar-refractivity contribution is 0.0756. The predicted octanol–water partition coefficient (Wildman–Crippen LogP) is 4.27. The maximum absolute atomic E-state index is 3.64. The van der Waals surface area contributed by atoms with Crippen LogP contribution in [-0.4, -0.2) is 13.1 Å². The Morgan fingerprint density at radius 1 is 1.26 bits per heavy atom. The first-order valence-corrected chi connectivity index (χ1v) is 7.97. The van der Waals surface area contributed by atoms with Gasteiger partial charge >= 0.3 is 0 Å². The second kappa shape index (κ2) is 5.28. The Morgan fingerprint density at radius 2 is 2.16 bits per heavy atom. The van der Waals surface area contributed by atoms with Crippen molar-refractivity contribution in [2.24, 2.45) is 11.3 Å². The third-order valence-electron chi connectivity index (χ3n) is 5.46. The van der Waals surface area contributed by atoms with Crippen molar-refractivity contribution in [3.05, 3.63) is 35.4 Å². The summed E-state index contributed by atoms with van der Waals surface area (Å²) in [6, 6.07) is 9.22. The molecule has 1 aromatic rings. The minimum Gasteiger partial charge on any atom is -0.316 e. The molecule has 0 radical (unpaired) electrons. The Labute approximate surface area is 117 Å². The molecule has 3 unspecified atom stereocenters. The molecule has 2 fully saturated rings. The van der Waals surface area contributed by atoms with E-state index in [1.165, 1.54) is 50.8 Å². The van der Waals surface area contributed by atoms with E-state index in [1.54, 1.807) is 5.56 Å². The third kappa shape index (κ3) is 2.58. The lowest BCUT2D eigenvalue weighted by Gasteiger charge is -2.49. The molecule has 1 aromatic carbocycles. The SMILES string of the molecule is Cc1cccc(C2CNCCC23CCCC(C)C3)c1. The summed E-state index contributed by atoms with van der Waals surface area (Å²) in [5.41, 5.74) is 3.56. The summed E-state index contributed by atoms with van der Waals surface area (Å²) < 4.78 is 0. The fourth-order valence-corrected chi connectivity index (χ4v) is 4.58. The lowest BCUT2D eigenvalue weighted by Crippen LogP contribution is -2.45. The van der Waals surface area contributed by atoms with Crippen LogP contribution in [0.15, 0.2) is 24.3 Å². The molecule has 3 rings (SSSR count). The topological polar surface area (TPSA) is 12.0 Å². The first kappa shape index (κ1) is 13.2. The number of rotatable bonds is 1. The second-order valence-electron chi connectivity index (χ2n) is 6.98. The average molecular weight is 257 g/mol. The van der Waals surface area contributed by atoms with Gasteiger partial charge in [-0.05, 0) is 49.6 Å². The summed E-state index contributed by atoms with van der Waals surface area (Å²) in [7, 11) is 0. The molecule has 1 aliphatic carbocycles. The minimum atomic E-state index is 0.580. The first-order valence-electron chi connectivity index (χ1n) is 7.97. The van der Waals surface area contributed by atoms with Crippen LogP contribution in [-0.2, 0) is 0 Å². The van der Waals surface area contributed by atoms with E-state index in [0.717, 1.165) is 11.8 Å². The van der Waals surface area contributed by atoms with Crippen molar-refractivity contribution in [1.29, 1.82) is 0 Å². The molecule has 3 atom stereocenters. The molecule has 1 saturated carbocycles. The summed E-state index contributed by atoms with van der Waals surface area (Å²) in [6.45, 7) is 7.07. The molecule has 1 aliphatic heterocycles. The van der Waals surface area contributed by atoms with Gasteiger partial charge in [-0.15, -0.1) is 0 Å². The Morgan fingerprint density at radius 3 is 2.95 bits per heavy atom. The number of hydrogen-bond donors (Lipinski definition) is 1. The van der Waals surface area contributed by atoms with E-state index >= 15 is 0 Å². The minimum absolute atomic E-state index is 0.580. The molecule has 1 N–H and O–H groups in total. The van der Waals surface area contributed by atoms with Gasteiger partial charge < -0.3 is 5.32 Å². The van der Waals surface area contributed by atoms with Crippen molar-refractivity contribution in [2.75, 3.05) is 13.1 Å². The van der Waals surface area contributed by atoms with Gasteiger partial charge in [-0.2, -0.15) is 0 Å². The highest BCUT2D eigenvalue weighted by atomic mass is 14.9. The van der Waals surface area contributed by atoms with Crippen LogP contribution in [0.1, 0.15) is 56.1 Å². The number of aryl methyl sites for hydroxylation is 1. The van der Waals surface area contributed by atoms with Crippen LogP contribution in [0.2, 0.25) is 0 Å². The molecule has 0 bridgehead atoms. The zero-order valence-corrected chi connectivity index (χ0v) is 12.4. The van der Waals surface area contributed by atoms with Gasteiger partial charge in [0.1, 0.15) is 0 Å². The van der Waals surface area contributed by atoms with Gasteiger partial charge in [0.25, 0.3) is 0 Å². The number of piperidine rings is 1. The molecular formula is C18H27N. The molecule has 0 aromatic heterocycles. The first-order chi connectivity index (χ1) is 9.20. The molecule has 19 heavy (non-hydrogen) atoms. The maximum atomic E-state index is 3.64. The highest BCUT2D eigenvalue weighted by Gasteiger charge is 2.43. The van der Waals surface area contributed by atoms with Gasteiger partial charge in [0.2, 0.25) is 0 Å². The molecule has 1 heteroatoms. The maximum Gasteiger partial charge on any atom is 0.00255 e. The van der Waals surface area contributed by atoms with E-state index in [1.807, 2.05) is 0 Å². The quantitative estimate of drug-likeness (QED) is 0.792. The number of nitrogens with one attached hydrogen (secondary N) is 1. The summed E-state index contributed by atoms with van der Waals surface area (Å²) in [5.74, 6) is 1.64. The van der Waals surface area contributed by atoms with E-state index in [9.17, 15) is 0 Å². The fourth-order valence-electron chi connectivity index (χ4n) is 4.58.